The van der Waals surface area contributed by atoms with Gasteiger partial charge in [0.1, 0.15) is 5.52 Å². The number of oxazole rings is 1. The summed E-state index contributed by atoms with van der Waals surface area (Å²) in [5, 5.41) is 6.94. The molecule has 0 N–H and O–H groups in total. The molecule has 0 amide bonds. The van der Waals surface area contributed by atoms with Crippen LogP contribution in [-0.2, 0) is 0 Å². The van der Waals surface area contributed by atoms with Crippen LogP contribution in [0.2, 0.25) is 0 Å². The lowest BCUT2D eigenvalue weighted by molar-refractivity contribution is 0.623. The molecule has 9 aromatic carbocycles. The monoisotopic (exact) mass is 735 g/mol. The fourth-order valence-electron chi connectivity index (χ4n) is 8.05. The van der Waals surface area contributed by atoms with Gasteiger partial charge in [0.05, 0.1) is 21.5 Å². The molecule has 0 atom stereocenters. The average molecular weight is 736 g/mol. The molecule has 0 unspecified atom stereocenters. The minimum atomic E-state index is 0.600. The van der Waals surface area contributed by atoms with Crippen LogP contribution in [0.1, 0.15) is 0 Å². The van der Waals surface area contributed by atoms with Gasteiger partial charge in [0.15, 0.2) is 5.58 Å². The van der Waals surface area contributed by atoms with Crippen LogP contribution in [0.3, 0.4) is 0 Å². The van der Waals surface area contributed by atoms with Gasteiger partial charge in [-0.2, -0.15) is 0 Å². The van der Waals surface area contributed by atoms with E-state index in [1.807, 2.05) is 41.7 Å². The highest BCUT2D eigenvalue weighted by Crippen LogP contribution is 2.50. The van der Waals surface area contributed by atoms with Crippen molar-refractivity contribution in [3.8, 4) is 11.5 Å². The van der Waals surface area contributed by atoms with Crippen molar-refractivity contribution >= 4 is 98.3 Å². The minimum absolute atomic E-state index is 0.600. The predicted molar refractivity (Wildman–Crippen MR) is 237 cm³/mol. The number of thiophene rings is 1. The summed E-state index contributed by atoms with van der Waals surface area (Å²) in [6.07, 6.45) is 0. The Kier molecular flexibility index (Phi) is 7.64. The molecular formula is C51H33N3OS. The number of aromatic nitrogens is 1. The van der Waals surface area contributed by atoms with Crippen LogP contribution in [-0.4, -0.2) is 4.98 Å². The maximum atomic E-state index is 6.83. The number of hydrogen-bond donors (Lipinski definition) is 0. The summed E-state index contributed by atoms with van der Waals surface area (Å²) in [7, 11) is 0. The molecule has 2 aromatic heterocycles. The van der Waals surface area contributed by atoms with E-state index in [2.05, 4.69) is 180 Å². The van der Waals surface area contributed by atoms with Gasteiger partial charge in [0.2, 0.25) is 5.89 Å². The Morgan fingerprint density at radius 1 is 0.429 bits per heavy atom. The number of para-hydroxylation sites is 2. The lowest BCUT2D eigenvalue weighted by atomic mass is 10.0. The molecule has 264 valence electrons. The first-order chi connectivity index (χ1) is 27.8. The first-order valence-corrected chi connectivity index (χ1v) is 19.6. The van der Waals surface area contributed by atoms with E-state index in [9.17, 15) is 0 Å². The molecular weight excluding hydrogens is 703 g/mol. The smallest absolute Gasteiger partial charge is 0.227 e. The fraction of sp³-hybridized carbons (Fsp3) is 0. The lowest BCUT2D eigenvalue weighted by Gasteiger charge is -2.31. The Balaban J connectivity index is 1.25. The molecule has 0 saturated heterocycles. The molecule has 0 bridgehead atoms. The topological polar surface area (TPSA) is 32.5 Å². The average Bonchev–Trinajstić information content (AvgIpc) is 3.88. The van der Waals surface area contributed by atoms with E-state index in [0.29, 0.717) is 5.89 Å². The van der Waals surface area contributed by atoms with Crippen molar-refractivity contribution in [1.82, 2.24) is 4.98 Å². The van der Waals surface area contributed by atoms with E-state index in [0.717, 1.165) is 61.6 Å². The van der Waals surface area contributed by atoms with Crippen LogP contribution in [0.5, 0.6) is 0 Å². The largest absolute Gasteiger partial charge is 0.435 e. The van der Waals surface area contributed by atoms with Crippen molar-refractivity contribution in [3.05, 3.63) is 200 Å². The van der Waals surface area contributed by atoms with Gasteiger partial charge in [-0.15, -0.1) is 11.3 Å². The number of hydrogen-bond acceptors (Lipinski definition) is 5. The number of anilines is 6. The third kappa shape index (κ3) is 5.40. The van der Waals surface area contributed by atoms with E-state index < -0.39 is 0 Å². The molecule has 5 heteroatoms. The zero-order valence-electron chi connectivity index (χ0n) is 30.2. The SMILES string of the molecule is c1ccc(-c2nc3ccc4cc(N(c5ccccc5)c5ccc6ccccc6c5)cc(N(c5ccccc5)c5cccc6c5sc5ccccc56)c4c3o2)cc1. The molecule has 0 radical (unpaired) electrons. The fourth-order valence-corrected chi connectivity index (χ4v) is 9.25. The second-order valence-corrected chi connectivity index (χ2v) is 15.0. The molecule has 0 fully saturated rings. The summed E-state index contributed by atoms with van der Waals surface area (Å²) in [6, 6.07) is 71.0. The highest BCUT2D eigenvalue weighted by Gasteiger charge is 2.25. The van der Waals surface area contributed by atoms with Gasteiger partial charge in [0, 0.05) is 43.8 Å². The Labute approximate surface area is 327 Å². The zero-order valence-corrected chi connectivity index (χ0v) is 31.0. The molecule has 0 aliphatic heterocycles. The van der Waals surface area contributed by atoms with Gasteiger partial charge in [-0.3, -0.25) is 0 Å². The van der Waals surface area contributed by atoms with Crippen LogP contribution in [0.15, 0.2) is 205 Å². The summed E-state index contributed by atoms with van der Waals surface area (Å²) in [5.74, 6) is 0.600. The number of nitrogens with zero attached hydrogens (tertiary/aromatic N) is 3. The van der Waals surface area contributed by atoms with E-state index in [4.69, 9.17) is 9.40 Å². The van der Waals surface area contributed by atoms with Crippen LogP contribution in [0.4, 0.5) is 34.1 Å². The second-order valence-electron chi connectivity index (χ2n) is 14.0. The molecule has 0 spiro atoms. The summed E-state index contributed by atoms with van der Waals surface area (Å²) < 4.78 is 9.32. The van der Waals surface area contributed by atoms with Crippen molar-refractivity contribution in [2.24, 2.45) is 0 Å². The van der Waals surface area contributed by atoms with Crippen LogP contribution < -0.4 is 9.80 Å². The Hall–Kier alpha value is -7.21. The maximum Gasteiger partial charge on any atom is 0.227 e. The third-order valence-corrected chi connectivity index (χ3v) is 11.8. The van der Waals surface area contributed by atoms with E-state index in [1.165, 1.54) is 30.9 Å². The summed E-state index contributed by atoms with van der Waals surface area (Å²) in [4.78, 5) is 9.82. The highest BCUT2D eigenvalue weighted by molar-refractivity contribution is 7.26. The first kappa shape index (κ1) is 32.2. The molecule has 56 heavy (non-hydrogen) atoms. The first-order valence-electron chi connectivity index (χ1n) is 18.8. The lowest BCUT2D eigenvalue weighted by Crippen LogP contribution is -2.14. The van der Waals surface area contributed by atoms with Gasteiger partial charge >= 0.3 is 0 Å². The molecule has 11 aromatic rings. The van der Waals surface area contributed by atoms with Crippen molar-refractivity contribution < 1.29 is 4.42 Å². The van der Waals surface area contributed by atoms with Crippen LogP contribution in [0, 0.1) is 0 Å². The summed E-state index contributed by atoms with van der Waals surface area (Å²) in [6.45, 7) is 0. The molecule has 0 aliphatic carbocycles. The van der Waals surface area contributed by atoms with Crippen LogP contribution >= 0.6 is 11.3 Å². The van der Waals surface area contributed by atoms with Gasteiger partial charge < -0.3 is 14.2 Å². The molecule has 4 nitrogen and oxygen atoms in total. The third-order valence-electron chi connectivity index (χ3n) is 10.6. The minimum Gasteiger partial charge on any atom is -0.435 e. The molecule has 2 heterocycles. The van der Waals surface area contributed by atoms with Crippen molar-refractivity contribution in [2.45, 2.75) is 0 Å². The van der Waals surface area contributed by atoms with Crippen LogP contribution in [0.25, 0.3) is 64.3 Å². The van der Waals surface area contributed by atoms with Crippen molar-refractivity contribution in [3.63, 3.8) is 0 Å². The Morgan fingerprint density at radius 2 is 1.07 bits per heavy atom. The molecule has 0 saturated carbocycles. The van der Waals surface area contributed by atoms with Crippen molar-refractivity contribution in [1.29, 1.82) is 0 Å². The molecule has 11 rings (SSSR count). The number of rotatable bonds is 7. The number of benzene rings is 9. The maximum absolute atomic E-state index is 6.83. The van der Waals surface area contributed by atoms with Gasteiger partial charge in [0.25, 0.3) is 0 Å². The molecule has 0 aliphatic rings. The number of fused-ring (bicyclic) bond motifs is 7. The Morgan fingerprint density at radius 3 is 1.88 bits per heavy atom. The summed E-state index contributed by atoms with van der Waals surface area (Å²) in [5.41, 5.74) is 8.83. The van der Waals surface area contributed by atoms with E-state index >= 15 is 0 Å². The Bertz CT molecular complexity index is 3210. The second kappa shape index (κ2) is 13.3. The predicted octanol–water partition coefficient (Wildman–Crippen LogP) is 15.1. The van der Waals surface area contributed by atoms with E-state index in [1.54, 1.807) is 0 Å². The van der Waals surface area contributed by atoms with Gasteiger partial charge in [-0.1, -0.05) is 121 Å². The summed E-state index contributed by atoms with van der Waals surface area (Å²) >= 11 is 1.83. The van der Waals surface area contributed by atoms with Gasteiger partial charge in [-0.25, -0.2) is 4.98 Å². The quantitative estimate of drug-likeness (QED) is 0.163. The van der Waals surface area contributed by atoms with E-state index in [-0.39, 0.29) is 0 Å². The van der Waals surface area contributed by atoms with Crippen molar-refractivity contribution in [2.75, 3.05) is 9.80 Å². The zero-order chi connectivity index (χ0) is 37.0. The van der Waals surface area contributed by atoms with Gasteiger partial charge in [-0.05, 0) is 95.0 Å². The standard InChI is InChI=1S/C51H33N3OS/c1-4-16-35(17-5-1)51-52-44-30-28-37-32-41(53(38-19-6-2-7-20-38)40-29-27-34-15-10-11-18-36(34)31-40)33-46(48(37)49(44)55-51)54(39-21-8-3-9-22-39)45-25-14-24-43-42-23-12-13-26-47(42)56-50(43)45/h1-33H. The normalized spacial score (nSPS) is 11.6. The highest BCUT2D eigenvalue weighted by atomic mass is 32.1.